The second-order valence-corrected chi connectivity index (χ2v) is 14.9. The lowest BCUT2D eigenvalue weighted by Crippen LogP contribution is -2.11. The molecule has 0 saturated carbocycles. The highest BCUT2D eigenvalue weighted by molar-refractivity contribution is 6.19. The van der Waals surface area contributed by atoms with Crippen LogP contribution in [0.25, 0.3) is 88.0 Å². The zero-order valence-corrected chi connectivity index (χ0v) is 31.7. The first-order valence-corrected chi connectivity index (χ1v) is 19.8. The third kappa shape index (κ3) is 5.82. The highest BCUT2D eigenvalue weighted by Gasteiger charge is 2.21. The van der Waals surface area contributed by atoms with Crippen molar-refractivity contribution in [1.82, 2.24) is 0 Å². The first kappa shape index (κ1) is 33.6. The second-order valence-electron chi connectivity index (χ2n) is 14.9. The predicted molar refractivity (Wildman–Crippen MR) is 245 cm³/mol. The minimum atomic E-state index is 0.880. The largest absolute Gasteiger partial charge is 0.455 e. The van der Waals surface area contributed by atoms with E-state index in [1.807, 2.05) is 0 Å². The molecular formula is C56H37NO. The van der Waals surface area contributed by atoms with Crippen molar-refractivity contribution in [3.63, 3.8) is 0 Å². The number of hydrogen-bond donors (Lipinski definition) is 0. The lowest BCUT2D eigenvalue weighted by molar-refractivity contribution is 0.673. The lowest BCUT2D eigenvalue weighted by atomic mass is 9.95. The van der Waals surface area contributed by atoms with Gasteiger partial charge in [-0.2, -0.15) is 0 Å². The van der Waals surface area contributed by atoms with Crippen LogP contribution in [0.5, 0.6) is 0 Å². The van der Waals surface area contributed by atoms with E-state index in [0.717, 1.165) is 55.5 Å². The summed E-state index contributed by atoms with van der Waals surface area (Å²) >= 11 is 0. The standard InChI is InChI=1S/C56H37NO/c1-2-13-38(14-3-1)39-27-29-40(30-28-39)41-31-34-45(35-32-41)57(46-19-10-18-44(37-46)48-23-11-17-42-15-4-6-20-47(42)48)53-25-9-8-22-50(53)51-24-12-26-54-55(51)52-36-33-43-16-5-7-21-49(43)56(52)58-54/h1-37H. The van der Waals surface area contributed by atoms with Crippen molar-refractivity contribution in [3.05, 3.63) is 224 Å². The molecule has 0 amide bonds. The van der Waals surface area contributed by atoms with Gasteiger partial charge in [-0.15, -0.1) is 0 Å². The lowest BCUT2D eigenvalue weighted by Gasteiger charge is -2.28. The van der Waals surface area contributed by atoms with E-state index >= 15 is 0 Å². The summed E-state index contributed by atoms with van der Waals surface area (Å²) < 4.78 is 6.67. The van der Waals surface area contributed by atoms with Crippen LogP contribution in [0.2, 0.25) is 0 Å². The molecule has 0 saturated heterocycles. The fourth-order valence-corrected chi connectivity index (χ4v) is 8.68. The zero-order chi connectivity index (χ0) is 38.4. The summed E-state index contributed by atoms with van der Waals surface area (Å²) in [6.07, 6.45) is 0. The number of hydrogen-bond acceptors (Lipinski definition) is 2. The van der Waals surface area contributed by atoms with Crippen molar-refractivity contribution in [2.24, 2.45) is 0 Å². The first-order valence-electron chi connectivity index (χ1n) is 19.8. The summed E-state index contributed by atoms with van der Waals surface area (Å²) in [6.45, 7) is 0. The smallest absolute Gasteiger partial charge is 0.143 e. The molecule has 2 nitrogen and oxygen atoms in total. The van der Waals surface area contributed by atoms with E-state index in [-0.39, 0.29) is 0 Å². The molecular weight excluding hydrogens is 703 g/mol. The van der Waals surface area contributed by atoms with Gasteiger partial charge < -0.3 is 9.32 Å². The van der Waals surface area contributed by atoms with Gasteiger partial charge in [-0.05, 0) is 97.6 Å². The molecule has 1 heterocycles. The molecule has 10 aromatic carbocycles. The highest BCUT2D eigenvalue weighted by Crippen LogP contribution is 2.46. The third-order valence-corrected chi connectivity index (χ3v) is 11.5. The van der Waals surface area contributed by atoms with Crippen LogP contribution >= 0.6 is 0 Å². The maximum absolute atomic E-state index is 6.67. The monoisotopic (exact) mass is 739 g/mol. The van der Waals surface area contributed by atoms with Crippen molar-refractivity contribution < 1.29 is 4.42 Å². The molecule has 1 aromatic heterocycles. The molecule has 0 radical (unpaired) electrons. The number of fused-ring (bicyclic) bond motifs is 6. The molecule has 0 aliphatic carbocycles. The van der Waals surface area contributed by atoms with Gasteiger partial charge in [0, 0.05) is 33.1 Å². The molecule has 0 spiro atoms. The van der Waals surface area contributed by atoms with Crippen LogP contribution in [0.3, 0.4) is 0 Å². The van der Waals surface area contributed by atoms with E-state index in [0.29, 0.717) is 0 Å². The zero-order valence-electron chi connectivity index (χ0n) is 31.7. The molecule has 11 aromatic rings. The first-order chi connectivity index (χ1) is 28.8. The van der Waals surface area contributed by atoms with Crippen molar-refractivity contribution in [3.8, 4) is 44.5 Å². The molecule has 272 valence electrons. The molecule has 0 aliphatic heterocycles. The maximum atomic E-state index is 6.67. The number of para-hydroxylation sites is 1. The van der Waals surface area contributed by atoms with Crippen molar-refractivity contribution >= 4 is 60.5 Å². The topological polar surface area (TPSA) is 16.4 Å². The predicted octanol–water partition coefficient (Wildman–Crippen LogP) is 16.0. The molecule has 0 fully saturated rings. The van der Waals surface area contributed by atoms with Gasteiger partial charge in [-0.25, -0.2) is 0 Å². The number of anilines is 3. The molecule has 11 rings (SSSR count). The second kappa shape index (κ2) is 14.1. The summed E-state index contributed by atoms with van der Waals surface area (Å²) in [6, 6.07) is 80.6. The Labute approximate surface area is 337 Å². The molecule has 0 atom stereocenters. The van der Waals surface area contributed by atoms with Gasteiger partial charge in [0.05, 0.1) is 5.69 Å². The van der Waals surface area contributed by atoms with Gasteiger partial charge >= 0.3 is 0 Å². The fraction of sp³-hybridized carbons (Fsp3) is 0. The van der Waals surface area contributed by atoms with Gasteiger partial charge in [0.1, 0.15) is 11.2 Å². The van der Waals surface area contributed by atoms with E-state index < -0.39 is 0 Å². The normalized spacial score (nSPS) is 11.4. The Morgan fingerprint density at radius 3 is 1.66 bits per heavy atom. The van der Waals surface area contributed by atoms with Crippen LogP contribution < -0.4 is 4.90 Å². The Morgan fingerprint density at radius 2 is 0.862 bits per heavy atom. The number of benzene rings is 10. The third-order valence-electron chi connectivity index (χ3n) is 11.5. The summed E-state index contributed by atoms with van der Waals surface area (Å²) in [4.78, 5) is 2.41. The maximum Gasteiger partial charge on any atom is 0.143 e. The summed E-state index contributed by atoms with van der Waals surface area (Å²) in [5.74, 6) is 0. The molecule has 0 bridgehead atoms. The Bertz CT molecular complexity index is 3260. The van der Waals surface area contributed by atoms with Crippen LogP contribution in [0.15, 0.2) is 229 Å². The van der Waals surface area contributed by atoms with Gasteiger partial charge in [-0.1, -0.05) is 182 Å². The summed E-state index contributed by atoms with van der Waals surface area (Å²) in [5.41, 5.74) is 14.5. The van der Waals surface area contributed by atoms with Crippen LogP contribution in [0.4, 0.5) is 17.1 Å². The van der Waals surface area contributed by atoms with Crippen molar-refractivity contribution in [2.45, 2.75) is 0 Å². The molecule has 0 N–H and O–H groups in total. The van der Waals surface area contributed by atoms with E-state index in [1.165, 1.54) is 49.5 Å². The van der Waals surface area contributed by atoms with Crippen LogP contribution in [-0.2, 0) is 0 Å². The minimum Gasteiger partial charge on any atom is -0.455 e. The van der Waals surface area contributed by atoms with Crippen molar-refractivity contribution in [1.29, 1.82) is 0 Å². The summed E-state index contributed by atoms with van der Waals surface area (Å²) in [5, 5.41) is 7.00. The molecule has 0 unspecified atom stereocenters. The Kier molecular flexibility index (Phi) is 8.19. The van der Waals surface area contributed by atoms with E-state index in [4.69, 9.17) is 4.42 Å². The number of furan rings is 1. The van der Waals surface area contributed by atoms with Crippen molar-refractivity contribution in [2.75, 3.05) is 4.90 Å². The van der Waals surface area contributed by atoms with Gasteiger partial charge in [0.25, 0.3) is 0 Å². The fourth-order valence-electron chi connectivity index (χ4n) is 8.68. The quantitative estimate of drug-likeness (QED) is 0.162. The Hall–Kier alpha value is -7.68. The SMILES string of the molecule is c1ccc(-c2ccc(-c3ccc(N(c4cccc(-c5cccc6ccccc56)c4)c4ccccc4-c4cccc5oc6c7ccccc7ccc6c45)cc3)cc2)cc1. The minimum absolute atomic E-state index is 0.880. The van der Waals surface area contributed by atoms with Crippen LogP contribution in [-0.4, -0.2) is 0 Å². The number of nitrogens with zero attached hydrogens (tertiary/aromatic N) is 1. The van der Waals surface area contributed by atoms with Crippen LogP contribution in [0.1, 0.15) is 0 Å². The van der Waals surface area contributed by atoms with Gasteiger partial charge in [-0.3, -0.25) is 0 Å². The Morgan fingerprint density at radius 1 is 0.310 bits per heavy atom. The molecule has 2 heteroatoms. The average Bonchev–Trinajstić information content (AvgIpc) is 3.70. The average molecular weight is 740 g/mol. The summed E-state index contributed by atoms with van der Waals surface area (Å²) in [7, 11) is 0. The Balaban J connectivity index is 1.08. The van der Waals surface area contributed by atoms with Gasteiger partial charge in [0.15, 0.2) is 0 Å². The van der Waals surface area contributed by atoms with Crippen LogP contribution in [0, 0.1) is 0 Å². The van der Waals surface area contributed by atoms with Gasteiger partial charge in [0.2, 0.25) is 0 Å². The number of rotatable bonds is 7. The van der Waals surface area contributed by atoms with E-state index in [9.17, 15) is 0 Å². The van der Waals surface area contributed by atoms with E-state index in [2.05, 4.69) is 229 Å². The molecule has 58 heavy (non-hydrogen) atoms. The molecule has 0 aliphatic rings. The highest BCUT2D eigenvalue weighted by atomic mass is 16.3. The van der Waals surface area contributed by atoms with E-state index in [1.54, 1.807) is 0 Å².